The SMILES string of the molecule is CC1NCCCC1NC(=O)c1ccc(CNS(C)(=O)=O)o1. The van der Waals surface area contributed by atoms with E-state index in [2.05, 4.69) is 15.4 Å². The largest absolute Gasteiger partial charge is 0.455 e. The van der Waals surface area contributed by atoms with Gasteiger partial charge in [0.15, 0.2) is 5.76 Å². The van der Waals surface area contributed by atoms with Crippen LogP contribution >= 0.6 is 0 Å². The van der Waals surface area contributed by atoms with Crippen LogP contribution in [0.1, 0.15) is 36.1 Å². The average Bonchev–Trinajstić information content (AvgIpc) is 2.87. The highest BCUT2D eigenvalue weighted by molar-refractivity contribution is 7.88. The lowest BCUT2D eigenvalue weighted by Gasteiger charge is -2.30. The number of hydrogen-bond acceptors (Lipinski definition) is 5. The Bertz CT molecular complexity index is 596. The van der Waals surface area contributed by atoms with Crippen LogP contribution in [0.3, 0.4) is 0 Å². The Morgan fingerprint density at radius 3 is 2.90 bits per heavy atom. The maximum Gasteiger partial charge on any atom is 0.287 e. The maximum atomic E-state index is 12.1. The summed E-state index contributed by atoms with van der Waals surface area (Å²) in [6.45, 7) is 3.04. The van der Waals surface area contributed by atoms with Gasteiger partial charge in [-0.05, 0) is 38.4 Å². The minimum Gasteiger partial charge on any atom is -0.455 e. The number of rotatable bonds is 5. The summed E-state index contributed by atoms with van der Waals surface area (Å²) in [6.07, 6.45) is 3.03. The van der Waals surface area contributed by atoms with Gasteiger partial charge in [0.1, 0.15) is 5.76 Å². The van der Waals surface area contributed by atoms with Crippen LogP contribution in [0, 0.1) is 0 Å². The highest BCUT2D eigenvalue weighted by Gasteiger charge is 2.24. The molecule has 2 unspecified atom stereocenters. The molecule has 0 aliphatic carbocycles. The molecule has 1 aromatic heterocycles. The normalized spacial score (nSPS) is 23.0. The van der Waals surface area contributed by atoms with Gasteiger partial charge < -0.3 is 15.1 Å². The number of furan rings is 1. The molecule has 3 N–H and O–H groups in total. The van der Waals surface area contributed by atoms with E-state index in [1.807, 2.05) is 6.92 Å². The van der Waals surface area contributed by atoms with E-state index in [1.54, 1.807) is 12.1 Å². The second-order valence-electron chi connectivity index (χ2n) is 5.32. The number of carbonyl (C=O) groups excluding carboxylic acids is 1. The van der Waals surface area contributed by atoms with Gasteiger partial charge in [-0.3, -0.25) is 4.79 Å². The van der Waals surface area contributed by atoms with E-state index in [9.17, 15) is 13.2 Å². The molecule has 1 saturated heterocycles. The topological polar surface area (TPSA) is 100 Å². The first kappa shape index (κ1) is 16.0. The van der Waals surface area contributed by atoms with Crippen molar-refractivity contribution in [3.8, 4) is 0 Å². The van der Waals surface area contributed by atoms with E-state index in [0.717, 1.165) is 25.6 Å². The summed E-state index contributed by atoms with van der Waals surface area (Å²) in [5.74, 6) is 0.319. The Labute approximate surface area is 124 Å². The van der Waals surface area contributed by atoms with E-state index in [4.69, 9.17) is 4.42 Å². The summed E-state index contributed by atoms with van der Waals surface area (Å²) >= 11 is 0. The molecular formula is C13H21N3O4S. The molecule has 1 aliphatic heterocycles. The third-order valence-electron chi connectivity index (χ3n) is 3.47. The molecule has 0 radical (unpaired) electrons. The molecule has 1 fully saturated rings. The standard InChI is InChI=1S/C13H21N3O4S/c1-9-11(4-3-7-14-9)16-13(17)12-6-5-10(20-12)8-15-21(2,18)19/h5-6,9,11,14-15H,3-4,7-8H2,1-2H3,(H,16,17). The van der Waals surface area contributed by atoms with Crippen molar-refractivity contribution in [1.82, 2.24) is 15.4 Å². The molecule has 1 amide bonds. The Morgan fingerprint density at radius 1 is 1.48 bits per heavy atom. The van der Waals surface area contributed by atoms with Crippen molar-refractivity contribution < 1.29 is 17.6 Å². The summed E-state index contributed by atoms with van der Waals surface area (Å²) in [7, 11) is -3.28. The predicted molar refractivity (Wildman–Crippen MR) is 78.3 cm³/mol. The zero-order valence-electron chi connectivity index (χ0n) is 12.2. The minimum atomic E-state index is -3.28. The quantitative estimate of drug-likeness (QED) is 0.720. The zero-order chi connectivity index (χ0) is 15.5. The highest BCUT2D eigenvalue weighted by atomic mass is 32.2. The lowest BCUT2D eigenvalue weighted by molar-refractivity contribution is 0.0890. The molecule has 1 aromatic rings. The molecule has 0 aromatic carbocycles. The van der Waals surface area contributed by atoms with Crippen LogP contribution in [0.25, 0.3) is 0 Å². The first-order valence-electron chi connectivity index (χ1n) is 6.93. The lowest BCUT2D eigenvalue weighted by Crippen LogP contribution is -2.51. The Balaban J connectivity index is 1.92. The van der Waals surface area contributed by atoms with Gasteiger partial charge in [0.2, 0.25) is 10.0 Å². The summed E-state index contributed by atoms with van der Waals surface area (Å²) in [5.41, 5.74) is 0. The number of carbonyl (C=O) groups is 1. The van der Waals surface area contributed by atoms with Gasteiger partial charge in [-0.15, -0.1) is 0 Å². The minimum absolute atomic E-state index is 0.0352. The summed E-state index contributed by atoms with van der Waals surface area (Å²) < 4.78 is 29.7. The molecule has 0 bridgehead atoms. The first-order valence-corrected chi connectivity index (χ1v) is 8.82. The Morgan fingerprint density at radius 2 is 2.24 bits per heavy atom. The van der Waals surface area contributed by atoms with Gasteiger partial charge in [0.05, 0.1) is 12.8 Å². The van der Waals surface area contributed by atoms with Crippen LogP contribution in [0.5, 0.6) is 0 Å². The van der Waals surface area contributed by atoms with Gasteiger partial charge in [-0.25, -0.2) is 13.1 Å². The van der Waals surface area contributed by atoms with Crippen molar-refractivity contribution in [1.29, 1.82) is 0 Å². The molecule has 0 spiro atoms. The second kappa shape index (κ2) is 6.59. The van der Waals surface area contributed by atoms with Crippen LogP contribution in [-0.2, 0) is 16.6 Å². The fourth-order valence-electron chi connectivity index (χ4n) is 2.28. The fraction of sp³-hybridized carbons (Fsp3) is 0.615. The predicted octanol–water partition coefficient (Wildman–Crippen LogP) is 0.199. The highest BCUT2D eigenvalue weighted by Crippen LogP contribution is 2.12. The van der Waals surface area contributed by atoms with Crippen molar-refractivity contribution in [2.24, 2.45) is 0 Å². The van der Waals surface area contributed by atoms with Crippen LogP contribution < -0.4 is 15.4 Å². The van der Waals surface area contributed by atoms with Crippen molar-refractivity contribution in [2.45, 2.75) is 38.4 Å². The van der Waals surface area contributed by atoms with Crippen LogP contribution in [0.4, 0.5) is 0 Å². The number of hydrogen-bond donors (Lipinski definition) is 3. The smallest absolute Gasteiger partial charge is 0.287 e. The van der Waals surface area contributed by atoms with E-state index in [0.29, 0.717) is 5.76 Å². The van der Waals surface area contributed by atoms with Crippen molar-refractivity contribution in [3.05, 3.63) is 23.7 Å². The average molecular weight is 315 g/mol. The maximum absolute atomic E-state index is 12.1. The fourth-order valence-corrected chi connectivity index (χ4v) is 2.68. The third-order valence-corrected chi connectivity index (χ3v) is 4.14. The van der Waals surface area contributed by atoms with Gasteiger partial charge in [-0.2, -0.15) is 0 Å². The monoisotopic (exact) mass is 315 g/mol. The number of amides is 1. The van der Waals surface area contributed by atoms with Gasteiger partial charge in [-0.1, -0.05) is 0 Å². The van der Waals surface area contributed by atoms with Crippen molar-refractivity contribution in [2.75, 3.05) is 12.8 Å². The van der Waals surface area contributed by atoms with Crippen molar-refractivity contribution in [3.63, 3.8) is 0 Å². The molecule has 0 saturated carbocycles. The first-order chi connectivity index (χ1) is 9.85. The Kier molecular flexibility index (Phi) is 5.02. The molecule has 1 aliphatic rings. The van der Waals surface area contributed by atoms with E-state index >= 15 is 0 Å². The molecule has 2 rings (SSSR count). The number of sulfonamides is 1. The second-order valence-corrected chi connectivity index (χ2v) is 7.16. The lowest BCUT2D eigenvalue weighted by atomic mass is 10.00. The van der Waals surface area contributed by atoms with Crippen LogP contribution in [-0.4, -0.2) is 39.2 Å². The number of nitrogens with one attached hydrogen (secondary N) is 3. The van der Waals surface area contributed by atoms with Crippen LogP contribution in [0.2, 0.25) is 0 Å². The molecule has 7 nitrogen and oxygen atoms in total. The van der Waals surface area contributed by atoms with E-state index in [1.165, 1.54) is 0 Å². The van der Waals surface area contributed by atoms with Crippen LogP contribution in [0.15, 0.2) is 16.5 Å². The van der Waals surface area contributed by atoms with Gasteiger partial charge in [0, 0.05) is 12.1 Å². The summed E-state index contributed by atoms with van der Waals surface area (Å²) in [5, 5.41) is 6.25. The van der Waals surface area contributed by atoms with Gasteiger partial charge >= 0.3 is 0 Å². The van der Waals surface area contributed by atoms with E-state index in [-0.39, 0.29) is 30.3 Å². The molecule has 2 heterocycles. The van der Waals surface area contributed by atoms with E-state index < -0.39 is 10.0 Å². The molecule has 8 heteroatoms. The molecule has 21 heavy (non-hydrogen) atoms. The molecular weight excluding hydrogens is 294 g/mol. The van der Waals surface area contributed by atoms with Crippen molar-refractivity contribution >= 4 is 15.9 Å². The number of piperidine rings is 1. The molecule has 2 atom stereocenters. The summed E-state index contributed by atoms with van der Waals surface area (Å²) in [4.78, 5) is 12.1. The summed E-state index contributed by atoms with van der Waals surface area (Å²) in [6, 6.07) is 3.45. The third kappa shape index (κ3) is 4.83. The Hall–Kier alpha value is -1.38. The zero-order valence-corrected chi connectivity index (χ0v) is 13.0. The molecule has 118 valence electrons. The van der Waals surface area contributed by atoms with Gasteiger partial charge in [0.25, 0.3) is 5.91 Å².